The van der Waals surface area contributed by atoms with Crippen LogP contribution in [0.5, 0.6) is 0 Å². The molecule has 31 heavy (non-hydrogen) atoms. The quantitative estimate of drug-likeness (QED) is 0.197. The molecular weight excluding hydrogens is 410 g/mol. The van der Waals surface area contributed by atoms with E-state index in [1.54, 1.807) is 30.5 Å². The molecule has 0 fully saturated rings. The number of amides is 2. The van der Waals surface area contributed by atoms with Crippen LogP contribution in [0.15, 0.2) is 52.9 Å². The fraction of sp³-hybridized carbons (Fsp3) is 0.278. The number of benzene rings is 1. The van der Waals surface area contributed by atoms with Crippen LogP contribution in [0, 0.1) is 4.91 Å². The zero-order valence-corrected chi connectivity index (χ0v) is 16.3. The maximum atomic E-state index is 11.7. The highest BCUT2D eigenvalue weighted by Crippen LogP contribution is 2.13. The van der Waals surface area contributed by atoms with Crippen molar-refractivity contribution in [1.29, 1.82) is 0 Å². The Hall–Kier alpha value is -3.97. The number of carbonyl (C=O) groups is 2. The van der Waals surface area contributed by atoms with E-state index in [-0.39, 0.29) is 13.2 Å². The molecule has 2 aromatic rings. The first-order valence-corrected chi connectivity index (χ1v) is 9.00. The van der Waals surface area contributed by atoms with Gasteiger partial charge in [0.1, 0.15) is 5.69 Å². The first kappa shape index (κ1) is 23.3. The van der Waals surface area contributed by atoms with Crippen molar-refractivity contribution in [3.05, 3.63) is 53.2 Å². The maximum absolute atomic E-state index is 11.7. The minimum atomic E-state index is -0.979. The van der Waals surface area contributed by atoms with Gasteiger partial charge < -0.3 is 25.7 Å². The molecule has 13 heteroatoms. The third-order valence-corrected chi connectivity index (χ3v) is 3.57. The summed E-state index contributed by atoms with van der Waals surface area (Å²) >= 11 is 0. The van der Waals surface area contributed by atoms with Gasteiger partial charge in [0.25, 0.3) is 5.91 Å². The Morgan fingerprint density at radius 3 is 2.74 bits per heavy atom. The topological polar surface area (TPSA) is 180 Å². The molecule has 4 N–H and O–H groups in total. The number of aromatic nitrogens is 3. The molecule has 0 aliphatic carbocycles. The van der Waals surface area contributed by atoms with Gasteiger partial charge in [-0.3, -0.25) is 9.59 Å². The van der Waals surface area contributed by atoms with Crippen LogP contribution in [0.3, 0.4) is 0 Å². The summed E-state index contributed by atoms with van der Waals surface area (Å²) in [6, 6.07) is 6.67. The van der Waals surface area contributed by atoms with Crippen LogP contribution in [-0.2, 0) is 21.0 Å². The average molecular weight is 431 g/mol. The maximum Gasteiger partial charge on any atom is 0.261 e. The number of anilines is 1. The standard InChI is InChI=1S/C18H21N7O6/c26-11-16(27)2-1-7-21-31-12-18(29)19-8-14-10-25(24-23-14)15-5-3-13(4-6-15)22-17(28)9-20-30/h1-7,10,16,26-27H,8-9,11-12H2,(H,19,29)(H,22,28)/b2-1+,21-7+/t16-/m0/s1. The number of oxime groups is 1. The van der Waals surface area contributed by atoms with Gasteiger partial charge in [-0.2, -0.15) is 4.91 Å². The van der Waals surface area contributed by atoms with E-state index in [1.165, 1.54) is 23.0 Å². The van der Waals surface area contributed by atoms with Crippen molar-refractivity contribution in [2.75, 3.05) is 25.1 Å². The minimum Gasteiger partial charge on any atom is -0.393 e. The number of aliphatic hydroxyl groups excluding tert-OH is 2. The monoisotopic (exact) mass is 431 g/mol. The van der Waals surface area contributed by atoms with Gasteiger partial charge in [-0.25, -0.2) is 4.68 Å². The van der Waals surface area contributed by atoms with Crippen LogP contribution in [0.2, 0.25) is 0 Å². The van der Waals surface area contributed by atoms with E-state index in [2.05, 4.69) is 31.3 Å². The van der Waals surface area contributed by atoms with E-state index in [1.807, 2.05) is 0 Å². The summed E-state index contributed by atoms with van der Waals surface area (Å²) in [7, 11) is 0. The molecule has 0 saturated carbocycles. The summed E-state index contributed by atoms with van der Waals surface area (Å²) in [5, 5.41) is 36.8. The molecular formula is C18H21N7O6. The molecule has 0 aliphatic heterocycles. The number of hydrogen-bond donors (Lipinski definition) is 4. The second kappa shape index (κ2) is 12.6. The molecule has 1 atom stereocenters. The molecule has 2 amide bonds. The largest absolute Gasteiger partial charge is 0.393 e. The van der Waals surface area contributed by atoms with Crippen LogP contribution in [0.25, 0.3) is 5.69 Å². The number of aliphatic hydroxyl groups is 2. The van der Waals surface area contributed by atoms with Crippen LogP contribution >= 0.6 is 0 Å². The van der Waals surface area contributed by atoms with Gasteiger partial charge in [0, 0.05) is 5.69 Å². The number of nitrogens with one attached hydrogen (secondary N) is 2. The second-order valence-electron chi connectivity index (χ2n) is 5.98. The van der Waals surface area contributed by atoms with Crippen molar-refractivity contribution in [3.8, 4) is 5.69 Å². The molecule has 0 spiro atoms. The summed E-state index contributed by atoms with van der Waals surface area (Å²) < 4.78 is 1.49. The molecule has 1 aromatic carbocycles. The smallest absolute Gasteiger partial charge is 0.261 e. The average Bonchev–Trinajstić information content (AvgIpc) is 3.24. The van der Waals surface area contributed by atoms with Crippen LogP contribution in [0.4, 0.5) is 5.69 Å². The summed E-state index contributed by atoms with van der Waals surface area (Å²) in [5.41, 5.74) is 1.69. The second-order valence-corrected chi connectivity index (χ2v) is 5.98. The molecule has 0 aliphatic rings. The van der Waals surface area contributed by atoms with E-state index in [0.717, 1.165) is 0 Å². The number of hydrogen-bond acceptors (Lipinski definition) is 10. The van der Waals surface area contributed by atoms with E-state index in [4.69, 9.17) is 15.1 Å². The van der Waals surface area contributed by atoms with Crippen LogP contribution in [-0.4, -0.2) is 69.1 Å². The van der Waals surface area contributed by atoms with Crippen LogP contribution < -0.4 is 10.6 Å². The van der Waals surface area contributed by atoms with Gasteiger partial charge in [0.15, 0.2) is 13.2 Å². The fourth-order valence-corrected chi connectivity index (χ4v) is 2.12. The van der Waals surface area contributed by atoms with Crippen LogP contribution in [0.1, 0.15) is 5.69 Å². The summed E-state index contributed by atoms with van der Waals surface area (Å²) in [4.78, 5) is 37.9. The highest BCUT2D eigenvalue weighted by atomic mass is 16.6. The normalized spacial score (nSPS) is 12.1. The Bertz CT molecular complexity index is 926. The predicted octanol–water partition coefficient (Wildman–Crippen LogP) is -0.500. The van der Waals surface area contributed by atoms with Crippen molar-refractivity contribution in [2.24, 2.45) is 10.3 Å². The number of nitrogens with zero attached hydrogens (tertiary/aromatic N) is 5. The summed E-state index contributed by atoms with van der Waals surface area (Å²) in [6.07, 6.45) is 4.56. The van der Waals surface area contributed by atoms with Crippen molar-refractivity contribution in [3.63, 3.8) is 0 Å². The van der Waals surface area contributed by atoms with Crippen molar-refractivity contribution in [2.45, 2.75) is 12.6 Å². The molecule has 2 rings (SSSR count). The first-order valence-electron chi connectivity index (χ1n) is 9.00. The van der Waals surface area contributed by atoms with E-state index in [9.17, 15) is 14.5 Å². The summed E-state index contributed by atoms with van der Waals surface area (Å²) in [6.45, 7) is -1.04. The van der Waals surface area contributed by atoms with E-state index < -0.39 is 31.1 Å². The van der Waals surface area contributed by atoms with E-state index >= 15 is 0 Å². The van der Waals surface area contributed by atoms with Crippen molar-refractivity contribution >= 4 is 23.7 Å². The van der Waals surface area contributed by atoms with Gasteiger partial charge in [0.2, 0.25) is 5.91 Å². The van der Waals surface area contributed by atoms with Gasteiger partial charge in [-0.05, 0) is 30.3 Å². The minimum absolute atomic E-state index is 0.126. The SMILES string of the molecule is O=NCC(=O)Nc1ccc(-n2cc(CNC(=O)CO/N=C/C=C/[C@H](O)CO)nn2)cc1. The molecule has 164 valence electrons. The molecule has 0 saturated heterocycles. The van der Waals surface area contributed by atoms with Crippen molar-refractivity contribution in [1.82, 2.24) is 20.3 Å². The Morgan fingerprint density at radius 2 is 2.03 bits per heavy atom. The lowest BCUT2D eigenvalue weighted by Gasteiger charge is -2.04. The number of allylic oxidation sites excluding steroid dienone is 1. The Labute approximate surface area is 176 Å². The zero-order valence-electron chi connectivity index (χ0n) is 16.3. The van der Waals surface area contributed by atoms with Crippen molar-refractivity contribution < 1.29 is 24.6 Å². The molecule has 0 bridgehead atoms. The lowest BCUT2D eigenvalue weighted by Crippen LogP contribution is -2.26. The molecule has 0 unspecified atom stereocenters. The highest BCUT2D eigenvalue weighted by Gasteiger charge is 2.07. The highest BCUT2D eigenvalue weighted by molar-refractivity contribution is 5.92. The lowest BCUT2D eigenvalue weighted by molar-refractivity contribution is -0.125. The van der Waals surface area contributed by atoms with Gasteiger partial charge in [-0.15, -0.1) is 5.10 Å². The Kier molecular flexibility index (Phi) is 9.45. The number of rotatable bonds is 12. The summed E-state index contributed by atoms with van der Waals surface area (Å²) in [5.74, 6) is -0.927. The zero-order chi connectivity index (χ0) is 22.5. The molecule has 1 heterocycles. The third kappa shape index (κ3) is 8.51. The Balaban J connectivity index is 1.76. The number of nitroso groups, excluding NO2 is 1. The fourth-order valence-electron chi connectivity index (χ4n) is 2.12. The molecule has 0 radical (unpaired) electrons. The lowest BCUT2D eigenvalue weighted by atomic mass is 10.3. The molecule has 1 aromatic heterocycles. The number of carbonyl (C=O) groups excluding carboxylic acids is 2. The predicted molar refractivity (Wildman–Crippen MR) is 109 cm³/mol. The van der Waals surface area contributed by atoms with Gasteiger partial charge in [-0.1, -0.05) is 21.6 Å². The first-order chi connectivity index (χ1) is 15.0. The van der Waals surface area contributed by atoms with Gasteiger partial charge in [0.05, 0.1) is 37.4 Å². The third-order valence-electron chi connectivity index (χ3n) is 3.57. The molecule has 13 nitrogen and oxygen atoms in total. The Morgan fingerprint density at radius 1 is 1.26 bits per heavy atom. The van der Waals surface area contributed by atoms with Gasteiger partial charge >= 0.3 is 0 Å². The van der Waals surface area contributed by atoms with E-state index in [0.29, 0.717) is 17.1 Å².